The van der Waals surface area contributed by atoms with Crippen LogP contribution in [0.3, 0.4) is 0 Å². The Labute approximate surface area is 100 Å². The maximum atomic E-state index is 6.01. The van der Waals surface area contributed by atoms with E-state index >= 15 is 0 Å². The van der Waals surface area contributed by atoms with Crippen molar-refractivity contribution in [2.45, 2.75) is 25.8 Å². The van der Waals surface area contributed by atoms with E-state index in [0.29, 0.717) is 12.0 Å². The normalized spacial score (nSPS) is 22.9. The molecule has 17 heavy (non-hydrogen) atoms. The monoisotopic (exact) mass is 231 g/mol. The first kappa shape index (κ1) is 10.4. The molecule has 3 rings (SSSR count). The summed E-state index contributed by atoms with van der Waals surface area (Å²) in [6, 6.07) is 6.43. The van der Waals surface area contributed by atoms with Crippen LogP contribution in [0.2, 0.25) is 0 Å². The van der Waals surface area contributed by atoms with Crippen molar-refractivity contribution in [1.29, 1.82) is 0 Å². The van der Waals surface area contributed by atoms with Crippen LogP contribution in [0.5, 0.6) is 5.75 Å². The van der Waals surface area contributed by atoms with Crippen LogP contribution in [-0.4, -0.2) is 16.7 Å². The molecule has 90 valence electrons. The van der Waals surface area contributed by atoms with Crippen molar-refractivity contribution >= 4 is 17.0 Å². The minimum absolute atomic E-state index is 0.525. The molecule has 0 amide bonds. The van der Waals surface area contributed by atoms with E-state index in [4.69, 9.17) is 10.5 Å². The standard InChI is InChI=1S/C13H17N3O/c1-3-8-6-11(8)16-12-7-9(17-2)4-5-10(12)15-13(16)14/h4-5,7-8,11H,3,6H2,1-2H3,(H2,14,15). The molecule has 1 saturated carbocycles. The van der Waals surface area contributed by atoms with Gasteiger partial charge in [-0.3, -0.25) is 0 Å². The Morgan fingerprint density at radius 2 is 2.35 bits per heavy atom. The molecule has 1 heterocycles. The summed E-state index contributed by atoms with van der Waals surface area (Å²) in [4.78, 5) is 4.40. The zero-order valence-corrected chi connectivity index (χ0v) is 10.2. The van der Waals surface area contributed by atoms with E-state index in [-0.39, 0.29) is 0 Å². The van der Waals surface area contributed by atoms with E-state index in [1.54, 1.807) is 7.11 Å². The van der Waals surface area contributed by atoms with Gasteiger partial charge in [-0.05, 0) is 24.5 Å². The Morgan fingerprint density at radius 3 is 3.00 bits per heavy atom. The van der Waals surface area contributed by atoms with Gasteiger partial charge in [0.2, 0.25) is 5.95 Å². The number of ether oxygens (including phenoxy) is 1. The van der Waals surface area contributed by atoms with Crippen molar-refractivity contribution in [3.05, 3.63) is 18.2 Å². The Balaban J connectivity index is 2.12. The number of aromatic nitrogens is 2. The van der Waals surface area contributed by atoms with Gasteiger partial charge in [-0.25, -0.2) is 4.98 Å². The fourth-order valence-electron chi connectivity index (χ4n) is 2.55. The van der Waals surface area contributed by atoms with E-state index in [1.807, 2.05) is 18.2 Å². The molecule has 0 bridgehead atoms. The summed E-state index contributed by atoms with van der Waals surface area (Å²) in [7, 11) is 1.68. The van der Waals surface area contributed by atoms with Crippen molar-refractivity contribution in [1.82, 2.24) is 9.55 Å². The van der Waals surface area contributed by atoms with Crippen LogP contribution in [-0.2, 0) is 0 Å². The average Bonchev–Trinajstić information content (AvgIpc) is 3.04. The second-order valence-corrected chi connectivity index (χ2v) is 4.67. The topological polar surface area (TPSA) is 53.1 Å². The van der Waals surface area contributed by atoms with Crippen LogP contribution in [0.1, 0.15) is 25.8 Å². The lowest BCUT2D eigenvalue weighted by Gasteiger charge is -2.06. The third-order valence-corrected chi connectivity index (χ3v) is 3.67. The number of rotatable bonds is 3. The van der Waals surface area contributed by atoms with Crippen molar-refractivity contribution in [3.8, 4) is 5.75 Å². The van der Waals surface area contributed by atoms with Crippen LogP contribution in [0, 0.1) is 5.92 Å². The predicted molar refractivity (Wildman–Crippen MR) is 68.1 cm³/mol. The van der Waals surface area contributed by atoms with Crippen molar-refractivity contribution in [2.24, 2.45) is 5.92 Å². The van der Waals surface area contributed by atoms with Crippen molar-refractivity contribution in [2.75, 3.05) is 12.8 Å². The van der Waals surface area contributed by atoms with Gasteiger partial charge in [0.05, 0.1) is 18.1 Å². The van der Waals surface area contributed by atoms with Crippen LogP contribution in [0.25, 0.3) is 11.0 Å². The molecule has 1 aromatic heterocycles. The van der Waals surface area contributed by atoms with Gasteiger partial charge in [0.1, 0.15) is 5.75 Å². The Kier molecular flexibility index (Phi) is 2.24. The summed E-state index contributed by atoms with van der Waals surface area (Å²) in [6.45, 7) is 2.22. The number of hydrogen-bond acceptors (Lipinski definition) is 3. The molecule has 0 radical (unpaired) electrons. The van der Waals surface area contributed by atoms with Crippen LogP contribution in [0.4, 0.5) is 5.95 Å². The molecule has 0 spiro atoms. The minimum Gasteiger partial charge on any atom is -0.497 e. The largest absolute Gasteiger partial charge is 0.497 e. The molecule has 1 aliphatic rings. The number of imidazole rings is 1. The first-order chi connectivity index (χ1) is 8.24. The van der Waals surface area contributed by atoms with E-state index < -0.39 is 0 Å². The molecule has 4 nitrogen and oxygen atoms in total. The first-order valence-electron chi connectivity index (χ1n) is 6.06. The molecule has 4 heteroatoms. The fourth-order valence-corrected chi connectivity index (χ4v) is 2.55. The lowest BCUT2D eigenvalue weighted by Crippen LogP contribution is -2.02. The maximum Gasteiger partial charge on any atom is 0.201 e. The number of fused-ring (bicyclic) bond motifs is 1. The van der Waals surface area contributed by atoms with Gasteiger partial charge in [-0.2, -0.15) is 0 Å². The molecular formula is C13H17N3O. The number of hydrogen-bond donors (Lipinski definition) is 1. The summed E-state index contributed by atoms with van der Waals surface area (Å²) >= 11 is 0. The van der Waals surface area contributed by atoms with Gasteiger partial charge in [0.25, 0.3) is 0 Å². The zero-order valence-electron chi connectivity index (χ0n) is 10.2. The zero-order chi connectivity index (χ0) is 12.0. The maximum absolute atomic E-state index is 6.01. The lowest BCUT2D eigenvalue weighted by molar-refractivity contribution is 0.415. The van der Waals surface area contributed by atoms with Gasteiger partial charge in [0.15, 0.2) is 0 Å². The molecule has 1 fully saturated rings. The molecule has 2 unspecified atom stereocenters. The van der Waals surface area contributed by atoms with Crippen LogP contribution < -0.4 is 10.5 Å². The summed E-state index contributed by atoms with van der Waals surface area (Å²) in [5, 5.41) is 0. The van der Waals surface area contributed by atoms with Gasteiger partial charge in [0, 0.05) is 12.1 Å². The summed E-state index contributed by atoms with van der Waals surface area (Å²) < 4.78 is 7.42. The average molecular weight is 231 g/mol. The van der Waals surface area contributed by atoms with Crippen LogP contribution in [0.15, 0.2) is 18.2 Å². The molecule has 1 aromatic carbocycles. The van der Waals surface area contributed by atoms with E-state index in [1.165, 1.54) is 12.8 Å². The smallest absolute Gasteiger partial charge is 0.201 e. The van der Waals surface area contributed by atoms with Gasteiger partial charge < -0.3 is 15.0 Å². The SMILES string of the molecule is CCC1CC1n1c(N)nc2ccc(OC)cc21. The predicted octanol–water partition coefficient (Wildman–Crippen LogP) is 2.60. The highest BCUT2D eigenvalue weighted by Crippen LogP contribution is 2.48. The molecule has 2 aromatic rings. The molecule has 2 N–H and O–H groups in total. The molecular weight excluding hydrogens is 214 g/mol. The van der Waals surface area contributed by atoms with Crippen molar-refractivity contribution in [3.63, 3.8) is 0 Å². The Bertz CT molecular complexity index is 561. The van der Waals surface area contributed by atoms with E-state index in [9.17, 15) is 0 Å². The van der Waals surface area contributed by atoms with Gasteiger partial charge in [-0.15, -0.1) is 0 Å². The molecule has 2 atom stereocenters. The Hall–Kier alpha value is -1.71. The van der Waals surface area contributed by atoms with E-state index in [2.05, 4.69) is 16.5 Å². The number of anilines is 1. The van der Waals surface area contributed by atoms with Crippen LogP contribution >= 0.6 is 0 Å². The highest BCUT2D eigenvalue weighted by atomic mass is 16.5. The summed E-state index contributed by atoms with van der Waals surface area (Å²) in [6.07, 6.45) is 2.41. The first-order valence-corrected chi connectivity index (χ1v) is 6.06. The second-order valence-electron chi connectivity index (χ2n) is 4.67. The third kappa shape index (κ3) is 1.55. The summed E-state index contributed by atoms with van der Waals surface area (Å²) in [5.41, 5.74) is 8.05. The van der Waals surface area contributed by atoms with E-state index in [0.717, 1.165) is 22.7 Å². The number of nitrogen functional groups attached to an aromatic ring is 1. The number of benzene rings is 1. The highest BCUT2D eigenvalue weighted by Gasteiger charge is 2.38. The Morgan fingerprint density at radius 1 is 1.53 bits per heavy atom. The molecule has 0 aliphatic heterocycles. The third-order valence-electron chi connectivity index (χ3n) is 3.67. The number of nitrogens with zero attached hydrogens (tertiary/aromatic N) is 2. The second kappa shape index (κ2) is 3.65. The quantitative estimate of drug-likeness (QED) is 0.883. The van der Waals surface area contributed by atoms with Crippen molar-refractivity contribution < 1.29 is 4.74 Å². The number of methoxy groups -OCH3 is 1. The molecule has 0 saturated heterocycles. The van der Waals surface area contributed by atoms with Gasteiger partial charge >= 0.3 is 0 Å². The number of nitrogens with two attached hydrogens (primary N) is 1. The highest BCUT2D eigenvalue weighted by molar-refractivity contribution is 5.80. The molecule has 1 aliphatic carbocycles. The fraction of sp³-hybridized carbons (Fsp3) is 0.462. The van der Waals surface area contributed by atoms with Gasteiger partial charge in [-0.1, -0.05) is 13.3 Å². The lowest BCUT2D eigenvalue weighted by atomic mass is 10.3. The minimum atomic E-state index is 0.525. The summed E-state index contributed by atoms with van der Waals surface area (Å²) in [5.74, 6) is 2.22.